The fourth-order valence-corrected chi connectivity index (χ4v) is 2.57. The molecule has 1 saturated heterocycles. The molecule has 17 heavy (non-hydrogen) atoms. The van der Waals surface area contributed by atoms with Gasteiger partial charge in [0, 0.05) is 12.3 Å². The average Bonchev–Trinajstić information content (AvgIpc) is 2.13. The maximum absolute atomic E-state index is 6.13. The van der Waals surface area contributed by atoms with Gasteiger partial charge in [-0.05, 0) is 33.1 Å². The smallest absolute Gasteiger partial charge is 0.0653 e. The Hall–Kier alpha value is -0.0800. The second kappa shape index (κ2) is 4.89. The van der Waals surface area contributed by atoms with Crippen LogP contribution in [0.4, 0.5) is 0 Å². The standard InChI is InChI=1S/C15H30O2/c1-8-13(2,3)12-9-16-14(4,5)11-15(6,7)17-10-12/h12H,8-11H2,1-7H3. The molecule has 1 fully saturated rings. The normalized spacial score (nSPS) is 26.3. The van der Waals surface area contributed by atoms with Crippen LogP contribution in [0.25, 0.3) is 0 Å². The van der Waals surface area contributed by atoms with Crippen LogP contribution >= 0.6 is 0 Å². The molecule has 0 aromatic carbocycles. The van der Waals surface area contributed by atoms with Crippen molar-refractivity contribution in [1.82, 2.24) is 0 Å². The summed E-state index contributed by atoms with van der Waals surface area (Å²) in [6, 6.07) is 0. The Morgan fingerprint density at radius 2 is 1.41 bits per heavy atom. The van der Waals surface area contributed by atoms with E-state index in [-0.39, 0.29) is 16.6 Å². The molecule has 0 spiro atoms. The van der Waals surface area contributed by atoms with Gasteiger partial charge in [0.1, 0.15) is 0 Å². The number of ether oxygens (including phenoxy) is 2. The van der Waals surface area contributed by atoms with E-state index in [1.807, 2.05) is 0 Å². The summed E-state index contributed by atoms with van der Waals surface area (Å²) in [5.41, 5.74) is 0.0987. The van der Waals surface area contributed by atoms with Gasteiger partial charge in [-0.1, -0.05) is 27.2 Å². The summed E-state index contributed by atoms with van der Waals surface area (Å²) in [4.78, 5) is 0. The lowest BCUT2D eigenvalue weighted by atomic mass is 9.77. The molecule has 0 amide bonds. The minimum absolute atomic E-state index is 0.0913. The Balaban J connectivity index is 2.80. The van der Waals surface area contributed by atoms with Crippen molar-refractivity contribution in [3.05, 3.63) is 0 Å². The van der Waals surface area contributed by atoms with Gasteiger partial charge in [-0.15, -0.1) is 0 Å². The van der Waals surface area contributed by atoms with Crippen LogP contribution in [0.1, 0.15) is 61.3 Å². The molecule has 102 valence electrons. The van der Waals surface area contributed by atoms with Gasteiger partial charge in [0.2, 0.25) is 0 Å². The van der Waals surface area contributed by atoms with Crippen LogP contribution in [0.3, 0.4) is 0 Å². The van der Waals surface area contributed by atoms with Crippen molar-refractivity contribution in [3.8, 4) is 0 Å². The fourth-order valence-electron chi connectivity index (χ4n) is 2.57. The zero-order valence-corrected chi connectivity index (χ0v) is 12.7. The van der Waals surface area contributed by atoms with Crippen molar-refractivity contribution < 1.29 is 9.47 Å². The van der Waals surface area contributed by atoms with Crippen molar-refractivity contribution in [1.29, 1.82) is 0 Å². The van der Waals surface area contributed by atoms with Gasteiger partial charge in [-0.25, -0.2) is 0 Å². The van der Waals surface area contributed by atoms with E-state index >= 15 is 0 Å². The van der Waals surface area contributed by atoms with Gasteiger partial charge in [0.25, 0.3) is 0 Å². The summed E-state index contributed by atoms with van der Waals surface area (Å²) in [5.74, 6) is 0.478. The molecule has 2 heteroatoms. The maximum Gasteiger partial charge on any atom is 0.0653 e. The molecule has 1 aliphatic rings. The highest BCUT2D eigenvalue weighted by atomic mass is 16.5. The summed E-state index contributed by atoms with van der Waals surface area (Å²) in [6.07, 6.45) is 2.10. The summed E-state index contributed by atoms with van der Waals surface area (Å²) < 4.78 is 12.3. The van der Waals surface area contributed by atoms with E-state index in [2.05, 4.69) is 48.5 Å². The molecule has 2 nitrogen and oxygen atoms in total. The molecule has 0 aliphatic carbocycles. The molecule has 0 radical (unpaired) electrons. The molecule has 0 unspecified atom stereocenters. The highest BCUT2D eigenvalue weighted by molar-refractivity contribution is 4.86. The van der Waals surface area contributed by atoms with Crippen molar-refractivity contribution >= 4 is 0 Å². The number of hydrogen-bond donors (Lipinski definition) is 0. The molecular weight excluding hydrogens is 212 g/mol. The summed E-state index contributed by atoms with van der Waals surface area (Å²) >= 11 is 0. The first-order valence-corrected chi connectivity index (χ1v) is 6.86. The quantitative estimate of drug-likeness (QED) is 0.728. The van der Waals surface area contributed by atoms with Crippen molar-refractivity contribution in [3.63, 3.8) is 0 Å². The maximum atomic E-state index is 6.13. The van der Waals surface area contributed by atoms with Gasteiger partial charge >= 0.3 is 0 Å². The molecule has 0 bridgehead atoms. The summed E-state index contributed by atoms with van der Waals surface area (Å²) in [5, 5.41) is 0. The van der Waals surface area contributed by atoms with Gasteiger partial charge in [0.05, 0.1) is 24.4 Å². The molecule has 0 aromatic rings. The molecule has 1 heterocycles. The van der Waals surface area contributed by atoms with E-state index in [1.165, 1.54) is 0 Å². The second-order valence-electron chi connectivity index (χ2n) is 7.36. The molecule has 0 saturated carbocycles. The van der Waals surface area contributed by atoms with Gasteiger partial charge in [-0.3, -0.25) is 0 Å². The Kier molecular flexibility index (Phi) is 4.31. The first-order valence-electron chi connectivity index (χ1n) is 6.86. The monoisotopic (exact) mass is 242 g/mol. The van der Waals surface area contributed by atoms with Crippen LogP contribution < -0.4 is 0 Å². The van der Waals surface area contributed by atoms with Crippen LogP contribution in [0.5, 0.6) is 0 Å². The summed E-state index contributed by atoms with van der Waals surface area (Å²) in [6.45, 7) is 17.2. The van der Waals surface area contributed by atoms with Crippen LogP contribution in [0.2, 0.25) is 0 Å². The van der Waals surface area contributed by atoms with Crippen LogP contribution in [0.15, 0.2) is 0 Å². The van der Waals surface area contributed by atoms with E-state index in [0.29, 0.717) is 5.92 Å². The second-order valence-corrected chi connectivity index (χ2v) is 7.36. The first kappa shape index (κ1) is 15.0. The van der Waals surface area contributed by atoms with E-state index in [4.69, 9.17) is 9.47 Å². The zero-order valence-electron chi connectivity index (χ0n) is 12.7. The third kappa shape index (κ3) is 4.26. The lowest BCUT2D eigenvalue weighted by Gasteiger charge is -2.43. The van der Waals surface area contributed by atoms with Crippen LogP contribution in [0, 0.1) is 11.3 Å². The molecule has 0 atom stereocenters. The lowest BCUT2D eigenvalue weighted by molar-refractivity contribution is -0.165. The van der Waals surface area contributed by atoms with Gasteiger partial charge in [0.15, 0.2) is 0 Å². The van der Waals surface area contributed by atoms with E-state index in [0.717, 1.165) is 26.1 Å². The first-order chi connectivity index (χ1) is 7.58. The minimum Gasteiger partial charge on any atom is -0.375 e. The fraction of sp³-hybridized carbons (Fsp3) is 1.00. The number of rotatable bonds is 2. The van der Waals surface area contributed by atoms with Crippen LogP contribution in [-0.2, 0) is 9.47 Å². The molecule has 1 aliphatic heterocycles. The lowest BCUT2D eigenvalue weighted by Crippen LogP contribution is -2.45. The van der Waals surface area contributed by atoms with E-state index < -0.39 is 0 Å². The number of hydrogen-bond acceptors (Lipinski definition) is 2. The highest BCUT2D eigenvalue weighted by Crippen LogP contribution is 2.37. The topological polar surface area (TPSA) is 18.5 Å². The Morgan fingerprint density at radius 3 is 1.76 bits per heavy atom. The zero-order chi connectivity index (χ0) is 13.3. The van der Waals surface area contributed by atoms with Crippen LogP contribution in [-0.4, -0.2) is 24.4 Å². The third-order valence-corrected chi connectivity index (χ3v) is 4.22. The molecule has 0 N–H and O–H groups in total. The van der Waals surface area contributed by atoms with Crippen molar-refractivity contribution in [2.75, 3.05) is 13.2 Å². The SMILES string of the molecule is CCC(C)(C)C1COC(C)(C)CC(C)(C)OC1. The van der Waals surface area contributed by atoms with E-state index in [9.17, 15) is 0 Å². The van der Waals surface area contributed by atoms with Gasteiger partial charge in [-0.2, -0.15) is 0 Å². The van der Waals surface area contributed by atoms with Crippen molar-refractivity contribution in [2.24, 2.45) is 11.3 Å². The molecule has 1 rings (SSSR count). The molecule has 0 aromatic heterocycles. The minimum atomic E-state index is -0.0913. The van der Waals surface area contributed by atoms with Crippen molar-refractivity contribution in [2.45, 2.75) is 72.5 Å². The predicted molar refractivity (Wildman–Crippen MR) is 72.2 cm³/mol. The van der Waals surface area contributed by atoms with E-state index in [1.54, 1.807) is 0 Å². The predicted octanol–water partition coefficient (Wildman–Crippen LogP) is 4.03. The Labute approximate surface area is 107 Å². The van der Waals surface area contributed by atoms with Gasteiger partial charge < -0.3 is 9.47 Å². The Bertz CT molecular complexity index is 236. The summed E-state index contributed by atoms with van der Waals surface area (Å²) in [7, 11) is 0. The third-order valence-electron chi connectivity index (χ3n) is 4.22. The average molecular weight is 242 g/mol. The largest absolute Gasteiger partial charge is 0.375 e. The highest BCUT2D eigenvalue weighted by Gasteiger charge is 2.37. The molecular formula is C15H30O2. The Morgan fingerprint density at radius 1 is 1.00 bits per heavy atom.